The lowest BCUT2D eigenvalue weighted by atomic mass is 9.96. The largest absolute Gasteiger partial charge is 0.481 e. The number of aliphatic carboxylic acids is 1. The molecule has 0 radical (unpaired) electrons. The maximum atomic E-state index is 10.5. The van der Waals surface area contributed by atoms with Gasteiger partial charge in [-0.3, -0.25) is 9.89 Å². The second-order valence-electron chi connectivity index (χ2n) is 4.79. The van der Waals surface area contributed by atoms with Crippen LogP contribution in [0.2, 0.25) is 0 Å². The van der Waals surface area contributed by atoms with E-state index in [4.69, 9.17) is 5.11 Å². The van der Waals surface area contributed by atoms with Crippen molar-refractivity contribution in [2.24, 2.45) is 0 Å². The van der Waals surface area contributed by atoms with Crippen molar-refractivity contribution >= 4 is 11.7 Å². The molecule has 16 heavy (non-hydrogen) atoms. The summed E-state index contributed by atoms with van der Waals surface area (Å²) in [7, 11) is 0. The molecule has 0 aliphatic rings. The van der Waals surface area contributed by atoms with E-state index in [1.807, 2.05) is 20.8 Å². The number of aromatic amines is 1. The van der Waals surface area contributed by atoms with Crippen molar-refractivity contribution in [2.75, 3.05) is 0 Å². The highest BCUT2D eigenvalue weighted by atomic mass is 16.4. The first-order valence-electron chi connectivity index (χ1n) is 5.02. The van der Waals surface area contributed by atoms with Crippen molar-refractivity contribution in [3.8, 4) is 0 Å². The molecule has 0 fully saturated rings. The lowest BCUT2D eigenvalue weighted by molar-refractivity contribution is -0.136. The summed E-state index contributed by atoms with van der Waals surface area (Å²) in [6.45, 7) is 6.14. The Morgan fingerprint density at radius 3 is 2.69 bits per heavy atom. The molecule has 0 bridgehead atoms. The number of imidazole rings is 1. The van der Waals surface area contributed by atoms with Gasteiger partial charge in [0.1, 0.15) is 5.82 Å². The number of carbonyl (C=O) groups is 1. The van der Waals surface area contributed by atoms with Crippen LogP contribution in [0.25, 0.3) is 5.78 Å². The number of nitrogens with one attached hydrogen (secondary N) is 1. The number of H-pyrrole nitrogens is 1. The van der Waals surface area contributed by atoms with Crippen molar-refractivity contribution < 1.29 is 9.90 Å². The van der Waals surface area contributed by atoms with Crippen LogP contribution in [0, 0.1) is 0 Å². The molecule has 6 heteroatoms. The van der Waals surface area contributed by atoms with E-state index in [0.717, 1.165) is 5.82 Å². The molecule has 0 saturated heterocycles. The van der Waals surface area contributed by atoms with E-state index in [1.165, 1.54) is 0 Å². The second-order valence-corrected chi connectivity index (χ2v) is 4.79. The number of aromatic nitrogens is 4. The first kappa shape index (κ1) is 10.7. The average Bonchev–Trinajstić information content (AvgIpc) is 2.57. The maximum Gasteiger partial charge on any atom is 0.309 e. The molecule has 0 aliphatic heterocycles. The van der Waals surface area contributed by atoms with E-state index in [2.05, 4.69) is 15.1 Å². The van der Waals surface area contributed by atoms with Gasteiger partial charge in [-0.05, 0) is 0 Å². The summed E-state index contributed by atoms with van der Waals surface area (Å²) < 4.78 is 1.65. The van der Waals surface area contributed by atoms with Crippen molar-refractivity contribution in [2.45, 2.75) is 32.6 Å². The quantitative estimate of drug-likeness (QED) is 0.793. The lowest BCUT2D eigenvalue weighted by Crippen LogP contribution is -2.13. The van der Waals surface area contributed by atoms with Crippen LogP contribution in [0.5, 0.6) is 0 Å². The van der Waals surface area contributed by atoms with Crippen molar-refractivity contribution in [3.05, 3.63) is 17.7 Å². The van der Waals surface area contributed by atoms with Gasteiger partial charge in [-0.1, -0.05) is 20.8 Å². The molecular weight excluding hydrogens is 208 g/mol. The molecule has 2 N–H and O–H groups in total. The molecule has 0 unspecified atom stereocenters. The lowest BCUT2D eigenvalue weighted by Gasteiger charge is -2.13. The fraction of sp³-hybridized carbons (Fsp3) is 0.500. The molecule has 86 valence electrons. The molecule has 0 amide bonds. The Balaban J connectivity index is 2.37. The smallest absolute Gasteiger partial charge is 0.309 e. The van der Waals surface area contributed by atoms with Gasteiger partial charge in [0.15, 0.2) is 0 Å². The van der Waals surface area contributed by atoms with Gasteiger partial charge in [0.25, 0.3) is 5.78 Å². The zero-order chi connectivity index (χ0) is 11.9. The molecular formula is C10H14N4O2. The van der Waals surface area contributed by atoms with Gasteiger partial charge in [-0.25, -0.2) is 9.50 Å². The number of hydrogen-bond acceptors (Lipinski definition) is 3. The second kappa shape index (κ2) is 3.33. The van der Waals surface area contributed by atoms with E-state index in [-0.39, 0.29) is 11.8 Å². The fourth-order valence-electron chi connectivity index (χ4n) is 1.39. The number of carboxylic acids is 1. The first-order valence-corrected chi connectivity index (χ1v) is 5.02. The zero-order valence-electron chi connectivity index (χ0n) is 9.48. The van der Waals surface area contributed by atoms with Gasteiger partial charge >= 0.3 is 5.97 Å². The summed E-state index contributed by atoms with van der Waals surface area (Å²) >= 11 is 0. The summed E-state index contributed by atoms with van der Waals surface area (Å²) in [6.07, 6.45) is 1.58. The van der Waals surface area contributed by atoms with Gasteiger partial charge in [-0.2, -0.15) is 4.98 Å². The molecule has 2 aromatic heterocycles. The predicted molar refractivity (Wildman–Crippen MR) is 57.4 cm³/mol. The van der Waals surface area contributed by atoms with Crippen LogP contribution in [0.1, 0.15) is 32.3 Å². The third-order valence-electron chi connectivity index (χ3n) is 2.22. The number of nitrogens with zero attached hydrogens (tertiary/aromatic N) is 3. The van der Waals surface area contributed by atoms with Crippen molar-refractivity contribution in [3.63, 3.8) is 0 Å². The average molecular weight is 222 g/mol. The van der Waals surface area contributed by atoms with Crippen LogP contribution in [0.3, 0.4) is 0 Å². The molecule has 6 nitrogen and oxygen atoms in total. The van der Waals surface area contributed by atoms with E-state index >= 15 is 0 Å². The summed E-state index contributed by atoms with van der Waals surface area (Å²) in [4.78, 5) is 19.0. The maximum absolute atomic E-state index is 10.5. The van der Waals surface area contributed by atoms with Gasteiger partial charge in [0.05, 0.1) is 18.3 Å². The summed E-state index contributed by atoms with van der Waals surface area (Å²) in [5.74, 6) is 0.454. The van der Waals surface area contributed by atoms with Crippen LogP contribution in [0.15, 0.2) is 6.20 Å². The molecule has 2 aromatic rings. The minimum absolute atomic E-state index is 0.0757. The van der Waals surface area contributed by atoms with Crippen LogP contribution < -0.4 is 0 Å². The number of fused-ring (bicyclic) bond motifs is 1. The zero-order valence-corrected chi connectivity index (χ0v) is 9.48. The third-order valence-corrected chi connectivity index (χ3v) is 2.22. The summed E-state index contributed by atoms with van der Waals surface area (Å²) in [5, 5.41) is 11.7. The van der Waals surface area contributed by atoms with Gasteiger partial charge < -0.3 is 5.11 Å². The minimum Gasteiger partial charge on any atom is -0.481 e. The monoisotopic (exact) mass is 222 g/mol. The number of carboxylic acid groups (broad SMARTS) is 1. The van der Waals surface area contributed by atoms with E-state index in [1.54, 1.807) is 10.7 Å². The molecule has 2 rings (SSSR count). The third kappa shape index (κ3) is 1.91. The van der Waals surface area contributed by atoms with Crippen molar-refractivity contribution in [1.82, 2.24) is 19.6 Å². The molecule has 0 atom stereocenters. The molecule has 2 heterocycles. The van der Waals surface area contributed by atoms with Gasteiger partial charge in [0, 0.05) is 5.41 Å². The Morgan fingerprint density at radius 2 is 2.19 bits per heavy atom. The summed E-state index contributed by atoms with van der Waals surface area (Å²) in [5.41, 5.74) is 0.430. The van der Waals surface area contributed by atoms with Crippen LogP contribution in [-0.4, -0.2) is 30.7 Å². The van der Waals surface area contributed by atoms with E-state index < -0.39 is 5.97 Å². The number of hydrogen-bond donors (Lipinski definition) is 2. The minimum atomic E-state index is -0.892. The van der Waals surface area contributed by atoms with Gasteiger partial charge in [0.2, 0.25) is 0 Å². The number of rotatable bonds is 2. The highest BCUT2D eigenvalue weighted by molar-refractivity contribution is 5.69. The topological polar surface area (TPSA) is 83.3 Å². The normalized spacial score (nSPS) is 12.2. The Bertz CT molecular complexity index is 501. The Kier molecular flexibility index (Phi) is 2.22. The Labute approximate surface area is 92.3 Å². The highest BCUT2D eigenvalue weighted by Crippen LogP contribution is 2.18. The van der Waals surface area contributed by atoms with Crippen molar-refractivity contribution in [1.29, 1.82) is 0 Å². The standard InChI is InChI=1S/C10H14N4O2/c1-10(2,3)8-12-9-11-6(4-7(15)16)5-14(9)13-8/h5H,4H2,1-3H3,(H,15,16)(H,11,12,13). The summed E-state index contributed by atoms with van der Waals surface area (Å²) in [6, 6.07) is 0. The van der Waals surface area contributed by atoms with Gasteiger partial charge in [-0.15, -0.1) is 0 Å². The van der Waals surface area contributed by atoms with Crippen LogP contribution in [-0.2, 0) is 16.6 Å². The SMILES string of the molecule is CC(C)(C)c1nc2nc(CC(=O)O)cn2[nH]1. The van der Waals surface area contributed by atoms with Crippen LogP contribution in [0.4, 0.5) is 0 Å². The molecule has 0 spiro atoms. The Morgan fingerprint density at radius 1 is 1.50 bits per heavy atom. The first-order chi connectivity index (χ1) is 7.36. The highest BCUT2D eigenvalue weighted by Gasteiger charge is 2.19. The van der Waals surface area contributed by atoms with E-state index in [9.17, 15) is 4.79 Å². The fourth-order valence-corrected chi connectivity index (χ4v) is 1.39. The molecule has 0 aliphatic carbocycles. The van der Waals surface area contributed by atoms with Crippen LogP contribution >= 0.6 is 0 Å². The Hall–Kier alpha value is -1.85. The molecule has 0 aromatic carbocycles. The molecule has 0 saturated carbocycles. The van der Waals surface area contributed by atoms with E-state index in [0.29, 0.717) is 11.5 Å². The predicted octanol–water partition coefficient (Wildman–Crippen LogP) is 0.982.